The first kappa shape index (κ1) is 22.4. The summed E-state index contributed by atoms with van der Waals surface area (Å²) < 4.78 is 14.4. The van der Waals surface area contributed by atoms with E-state index < -0.39 is 31.8 Å². The maximum absolute atomic E-state index is 11.5. The first-order valence-electron chi connectivity index (χ1n) is 9.53. The fraction of sp³-hybridized carbons (Fsp3) is 0.938. The second kappa shape index (κ2) is 13.6. The van der Waals surface area contributed by atoms with E-state index in [1.165, 1.54) is 64.2 Å². The summed E-state index contributed by atoms with van der Waals surface area (Å²) in [6, 6.07) is 0. The van der Waals surface area contributed by atoms with Crippen LogP contribution in [0.15, 0.2) is 0 Å². The third kappa shape index (κ3) is 11.9. The Bertz CT molecular complexity index is 335. The summed E-state index contributed by atoms with van der Waals surface area (Å²) >= 11 is -3.24. The van der Waals surface area contributed by atoms with E-state index in [0.717, 1.165) is 19.3 Å². The van der Waals surface area contributed by atoms with Gasteiger partial charge in [-0.05, 0) is 0 Å². The van der Waals surface area contributed by atoms with Crippen molar-refractivity contribution in [3.63, 3.8) is 0 Å². The van der Waals surface area contributed by atoms with Crippen LogP contribution in [-0.4, -0.2) is 47.4 Å². The molecule has 8 heteroatoms. The minimum absolute atomic E-state index is 0.330. The quantitative estimate of drug-likeness (QED) is 0.285. The van der Waals surface area contributed by atoms with Gasteiger partial charge in [0.2, 0.25) is 0 Å². The summed E-state index contributed by atoms with van der Waals surface area (Å²) in [5.41, 5.74) is 0. The molecule has 1 aliphatic rings. The molecule has 1 fully saturated rings. The summed E-state index contributed by atoms with van der Waals surface area (Å²) in [6.45, 7) is 2.25. The third-order valence-corrected chi connectivity index (χ3v) is 15.1. The Kier molecular flexibility index (Phi) is 12.7. The topological polar surface area (TPSA) is 85.2 Å². The Morgan fingerprint density at radius 3 is 1.67 bits per heavy atom. The van der Waals surface area contributed by atoms with Crippen LogP contribution in [0.25, 0.3) is 0 Å². The van der Waals surface area contributed by atoms with Crippen molar-refractivity contribution in [1.29, 1.82) is 0 Å². The van der Waals surface area contributed by atoms with Crippen molar-refractivity contribution in [3.05, 3.63) is 0 Å². The molecule has 0 spiro atoms. The van der Waals surface area contributed by atoms with Crippen LogP contribution in [0.4, 0.5) is 0 Å². The van der Waals surface area contributed by atoms with E-state index in [2.05, 4.69) is 6.92 Å². The van der Waals surface area contributed by atoms with Gasteiger partial charge in [0.15, 0.2) is 0 Å². The normalized spacial score (nSPS) is 16.0. The molecule has 1 aliphatic heterocycles. The molecule has 0 aliphatic carbocycles. The summed E-state index contributed by atoms with van der Waals surface area (Å²) in [4.78, 5) is 29.3. The fourth-order valence-corrected chi connectivity index (χ4v) is 9.59. The first-order valence-corrected chi connectivity index (χ1v) is 15.3. The van der Waals surface area contributed by atoms with Gasteiger partial charge in [0, 0.05) is 0 Å². The predicted octanol–water partition coefficient (Wildman–Crippen LogP) is 3.46. The monoisotopic (exact) mass is 464 g/mol. The molecule has 1 heterocycles. The molecule has 1 rings (SSSR count). The van der Waals surface area contributed by atoms with E-state index in [0.29, 0.717) is 6.42 Å². The Balaban J connectivity index is 1.75. The molecule has 0 aromatic carbocycles. The van der Waals surface area contributed by atoms with Crippen molar-refractivity contribution in [2.75, 3.05) is 0 Å². The molecular formula is C16H33InO6Si. The van der Waals surface area contributed by atoms with Gasteiger partial charge in [0.1, 0.15) is 0 Å². The van der Waals surface area contributed by atoms with E-state index in [1.807, 2.05) is 0 Å². The van der Waals surface area contributed by atoms with E-state index in [9.17, 15) is 4.79 Å². The molecule has 140 valence electrons. The maximum atomic E-state index is 11.5. The van der Waals surface area contributed by atoms with E-state index in [4.69, 9.17) is 17.5 Å². The van der Waals surface area contributed by atoms with Crippen LogP contribution in [0.1, 0.15) is 96.8 Å². The molecular weight excluding hydrogens is 431 g/mol. The predicted molar refractivity (Wildman–Crippen MR) is 94.5 cm³/mol. The van der Waals surface area contributed by atoms with Crippen molar-refractivity contribution < 1.29 is 22.3 Å². The summed E-state index contributed by atoms with van der Waals surface area (Å²) in [5, 5.41) is 0. The molecule has 0 atom stereocenters. The molecule has 2 N–H and O–H groups in total. The van der Waals surface area contributed by atoms with Gasteiger partial charge in [0.25, 0.3) is 0 Å². The molecule has 0 aromatic rings. The van der Waals surface area contributed by atoms with E-state index in [-0.39, 0.29) is 5.97 Å². The Morgan fingerprint density at radius 2 is 1.25 bits per heavy atom. The van der Waals surface area contributed by atoms with Gasteiger partial charge in [-0.2, -0.15) is 0 Å². The number of hydrogen-bond acceptors (Lipinski definition) is 6. The summed E-state index contributed by atoms with van der Waals surface area (Å²) in [6.07, 6.45) is 16.8. The molecule has 24 heavy (non-hydrogen) atoms. The molecule has 0 amide bonds. The van der Waals surface area contributed by atoms with Crippen LogP contribution in [-0.2, 0) is 12.7 Å². The number of carbonyl (C=O) groups is 1. The number of carbonyl (C=O) groups excluding carboxylic acids is 1. The number of unbranched alkanes of at least 4 members (excludes halogenated alkanes) is 12. The van der Waals surface area contributed by atoms with Gasteiger partial charge in [-0.3, -0.25) is 0 Å². The van der Waals surface area contributed by atoms with Crippen LogP contribution in [0.5, 0.6) is 0 Å². The minimum atomic E-state index is -3.84. The second-order valence-corrected chi connectivity index (χ2v) is 14.5. The van der Waals surface area contributed by atoms with Crippen molar-refractivity contribution in [3.8, 4) is 0 Å². The molecule has 0 bridgehead atoms. The third-order valence-electron chi connectivity index (χ3n) is 4.21. The Labute approximate surface area is 156 Å². The van der Waals surface area contributed by atoms with Gasteiger partial charge in [-0.25, -0.2) is 0 Å². The van der Waals surface area contributed by atoms with Crippen molar-refractivity contribution in [2.45, 2.75) is 96.8 Å². The SMILES string of the molecule is CCCCCCCCCCCCCCCC(=O)[O][In]1[O][Si](O)(O)[O]1. The molecule has 0 radical (unpaired) electrons. The molecule has 1 saturated heterocycles. The number of rotatable bonds is 15. The summed E-state index contributed by atoms with van der Waals surface area (Å²) in [7, 11) is -3.84. The average molecular weight is 464 g/mol. The molecule has 6 nitrogen and oxygen atoms in total. The van der Waals surface area contributed by atoms with Crippen LogP contribution < -0.4 is 0 Å². The van der Waals surface area contributed by atoms with Crippen LogP contribution in [0, 0.1) is 0 Å². The van der Waals surface area contributed by atoms with Gasteiger partial charge in [0.05, 0.1) is 0 Å². The zero-order valence-corrected chi connectivity index (χ0v) is 19.3. The average Bonchev–Trinajstić information content (AvgIpc) is 2.50. The standard InChI is InChI=1S/C16H32O2.In.H2O4Si/c1-2-3-4-5-6-7-8-9-10-11-12-13-14-15-16(17)18;;1-5(2,3)4/h2-15H2,1H3,(H,17,18);;1-2H/q;+3;-2/p-1. The van der Waals surface area contributed by atoms with Crippen molar-refractivity contribution in [2.24, 2.45) is 0 Å². The van der Waals surface area contributed by atoms with Crippen LogP contribution >= 0.6 is 0 Å². The van der Waals surface area contributed by atoms with Crippen LogP contribution in [0.2, 0.25) is 0 Å². The van der Waals surface area contributed by atoms with Gasteiger partial charge < -0.3 is 0 Å². The number of hydrogen-bond donors (Lipinski definition) is 2. The Hall–Kier alpha value is 0.397. The zero-order chi connectivity index (χ0) is 17.7. The van der Waals surface area contributed by atoms with Crippen molar-refractivity contribution in [1.82, 2.24) is 0 Å². The molecule has 0 unspecified atom stereocenters. The van der Waals surface area contributed by atoms with Gasteiger partial charge >= 0.3 is 124 Å². The van der Waals surface area contributed by atoms with Crippen molar-refractivity contribution >= 4 is 37.8 Å². The van der Waals surface area contributed by atoms with Crippen LogP contribution in [0.3, 0.4) is 0 Å². The van der Waals surface area contributed by atoms with Gasteiger partial charge in [-0.15, -0.1) is 0 Å². The summed E-state index contributed by atoms with van der Waals surface area (Å²) in [5.74, 6) is -0.330. The Morgan fingerprint density at radius 1 is 0.833 bits per heavy atom. The molecule has 0 aromatic heterocycles. The van der Waals surface area contributed by atoms with E-state index in [1.54, 1.807) is 0 Å². The van der Waals surface area contributed by atoms with E-state index >= 15 is 0 Å². The zero-order valence-electron chi connectivity index (χ0n) is 15.0. The fourth-order valence-electron chi connectivity index (χ4n) is 2.76. The molecule has 0 saturated carbocycles. The second-order valence-electron chi connectivity index (χ2n) is 6.56. The van der Waals surface area contributed by atoms with Gasteiger partial charge in [-0.1, -0.05) is 32.6 Å². The first-order chi connectivity index (χ1) is 11.5.